The first-order chi connectivity index (χ1) is 12.1. The Morgan fingerprint density at radius 1 is 1.16 bits per heavy atom. The number of aryl methyl sites for hydroxylation is 1. The normalized spacial score (nSPS) is 11.5. The van der Waals surface area contributed by atoms with Gasteiger partial charge in [-0.15, -0.1) is 0 Å². The molecule has 0 spiro atoms. The van der Waals surface area contributed by atoms with E-state index in [4.69, 9.17) is 10.5 Å². The van der Waals surface area contributed by atoms with Gasteiger partial charge in [0.1, 0.15) is 18.4 Å². The number of likely N-dealkylation sites (N-methyl/N-ethyl adjacent to an activating group) is 1. The van der Waals surface area contributed by atoms with Gasteiger partial charge in [-0.1, -0.05) is 42.0 Å². The molecule has 1 atom stereocenters. The molecule has 0 bridgehead atoms. The zero-order valence-electron chi connectivity index (χ0n) is 14.4. The molecule has 0 aliphatic rings. The third kappa shape index (κ3) is 4.81. The second kappa shape index (κ2) is 8.84. The first kappa shape index (κ1) is 18.5. The van der Waals surface area contributed by atoms with Gasteiger partial charge in [-0.3, -0.25) is 9.59 Å². The minimum absolute atomic E-state index is 0.295. The molecule has 0 saturated heterocycles. The molecule has 0 heterocycles. The van der Waals surface area contributed by atoms with E-state index in [-0.39, 0.29) is 11.8 Å². The summed E-state index contributed by atoms with van der Waals surface area (Å²) in [5.74, 6) is -0.234. The minimum atomic E-state index is -0.790. The quantitative estimate of drug-likeness (QED) is 0.712. The zero-order valence-corrected chi connectivity index (χ0v) is 14.4. The van der Waals surface area contributed by atoms with Crippen LogP contribution in [0, 0.1) is 6.92 Å². The predicted molar refractivity (Wildman–Crippen MR) is 96.4 cm³/mol. The topological polar surface area (TPSA) is 93.5 Å². The van der Waals surface area contributed by atoms with E-state index in [1.165, 1.54) is 7.05 Å². The van der Waals surface area contributed by atoms with Crippen LogP contribution in [0.5, 0.6) is 5.75 Å². The lowest BCUT2D eigenvalue weighted by atomic mass is 10.0. The Bertz CT molecular complexity index is 732. The van der Waals surface area contributed by atoms with Crippen molar-refractivity contribution in [2.45, 2.75) is 13.0 Å². The van der Waals surface area contributed by atoms with Crippen molar-refractivity contribution in [2.24, 2.45) is 5.73 Å². The van der Waals surface area contributed by atoms with E-state index in [1.54, 1.807) is 24.3 Å². The van der Waals surface area contributed by atoms with E-state index >= 15 is 0 Å². The van der Waals surface area contributed by atoms with Gasteiger partial charge in [0.25, 0.3) is 5.91 Å². The van der Waals surface area contributed by atoms with E-state index in [2.05, 4.69) is 10.6 Å². The highest BCUT2D eigenvalue weighted by Crippen LogP contribution is 2.22. The first-order valence-corrected chi connectivity index (χ1v) is 8.07. The molecule has 0 aliphatic heterocycles. The molecule has 2 aromatic carbocycles. The number of rotatable bonds is 7. The molecule has 2 aromatic rings. The fourth-order valence-electron chi connectivity index (χ4n) is 2.41. The van der Waals surface area contributed by atoms with Crippen LogP contribution in [0.25, 0.3) is 0 Å². The van der Waals surface area contributed by atoms with Crippen molar-refractivity contribution in [1.29, 1.82) is 0 Å². The van der Waals surface area contributed by atoms with Gasteiger partial charge in [0.15, 0.2) is 0 Å². The highest BCUT2D eigenvalue weighted by molar-refractivity contribution is 6.00. The van der Waals surface area contributed by atoms with Crippen LogP contribution >= 0.6 is 0 Å². The number of amides is 2. The summed E-state index contributed by atoms with van der Waals surface area (Å²) in [6, 6.07) is 13.6. The molecule has 25 heavy (non-hydrogen) atoms. The van der Waals surface area contributed by atoms with Gasteiger partial charge in [0.05, 0.1) is 5.56 Å². The molecule has 4 N–H and O–H groups in total. The summed E-state index contributed by atoms with van der Waals surface area (Å²) in [4.78, 5) is 25.0. The molecule has 0 radical (unpaired) electrons. The van der Waals surface area contributed by atoms with Crippen molar-refractivity contribution in [3.63, 3.8) is 0 Å². The molecule has 2 amide bonds. The van der Waals surface area contributed by atoms with Crippen molar-refractivity contribution < 1.29 is 14.3 Å². The van der Waals surface area contributed by atoms with Crippen LogP contribution in [0.4, 0.5) is 0 Å². The molecule has 0 unspecified atom stereocenters. The van der Waals surface area contributed by atoms with Crippen LogP contribution in [0.3, 0.4) is 0 Å². The smallest absolute Gasteiger partial charge is 0.255 e. The molecular weight excluding hydrogens is 318 g/mol. The van der Waals surface area contributed by atoms with Crippen molar-refractivity contribution >= 4 is 11.8 Å². The van der Waals surface area contributed by atoms with Crippen molar-refractivity contribution in [3.8, 4) is 5.75 Å². The van der Waals surface area contributed by atoms with E-state index in [1.807, 2.05) is 31.2 Å². The standard InChI is InChI=1S/C19H23N3O3/c1-13-8-9-16(25-11-10-20)15(12-13)18(23)22-17(19(24)21-2)14-6-4-3-5-7-14/h3-9,12,17H,10-11,20H2,1-2H3,(H,21,24)(H,22,23)/t17-/m0/s1. The number of hydrogen-bond donors (Lipinski definition) is 3. The lowest BCUT2D eigenvalue weighted by Gasteiger charge is -2.19. The van der Waals surface area contributed by atoms with Crippen LogP contribution in [0.15, 0.2) is 48.5 Å². The van der Waals surface area contributed by atoms with Crippen LogP contribution in [-0.2, 0) is 4.79 Å². The molecule has 0 aromatic heterocycles. The Morgan fingerprint density at radius 3 is 2.52 bits per heavy atom. The van der Waals surface area contributed by atoms with Gasteiger partial charge in [0.2, 0.25) is 5.91 Å². The maximum absolute atomic E-state index is 12.8. The summed E-state index contributed by atoms with van der Waals surface area (Å²) in [5, 5.41) is 5.36. The number of nitrogens with one attached hydrogen (secondary N) is 2. The number of nitrogens with two attached hydrogens (primary N) is 1. The fraction of sp³-hybridized carbons (Fsp3) is 0.263. The highest BCUT2D eigenvalue weighted by atomic mass is 16.5. The number of carbonyl (C=O) groups excluding carboxylic acids is 2. The van der Waals surface area contributed by atoms with Gasteiger partial charge >= 0.3 is 0 Å². The van der Waals surface area contributed by atoms with E-state index in [0.29, 0.717) is 30.0 Å². The second-order valence-corrected chi connectivity index (χ2v) is 5.57. The molecule has 0 saturated carbocycles. The van der Waals surface area contributed by atoms with Crippen LogP contribution in [0.1, 0.15) is 27.5 Å². The average molecular weight is 341 g/mol. The SMILES string of the molecule is CNC(=O)[C@@H](NC(=O)c1cc(C)ccc1OCCN)c1ccccc1. The summed E-state index contributed by atoms with van der Waals surface area (Å²) in [6.07, 6.45) is 0. The maximum atomic E-state index is 12.8. The predicted octanol–water partition coefficient (Wildman–Crippen LogP) is 1.55. The number of benzene rings is 2. The van der Waals surface area contributed by atoms with Gasteiger partial charge in [0, 0.05) is 13.6 Å². The van der Waals surface area contributed by atoms with Gasteiger partial charge < -0.3 is 21.1 Å². The number of ether oxygens (including phenoxy) is 1. The number of hydrogen-bond acceptors (Lipinski definition) is 4. The largest absolute Gasteiger partial charge is 0.491 e. The Kier molecular flexibility index (Phi) is 6.54. The average Bonchev–Trinajstić information content (AvgIpc) is 2.65. The molecular formula is C19H23N3O3. The third-order valence-electron chi connectivity index (χ3n) is 3.67. The summed E-state index contributed by atoms with van der Waals surface area (Å²) >= 11 is 0. The molecule has 0 fully saturated rings. The molecule has 6 nitrogen and oxygen atoms in total. The van der Waals surface area contributed by atoms with Crippen LogP contribution in [-0.4, -0.2) is 32.0 Å². The monoisotopic (exact) mass is 341 g/mol. The Balaban J connectivity index is 2.29. The fourth-order valence-corrected chi connectivity index (χ4v) is 2.41. The van der Waals surface area contributed by atoms with E-state index in [9.17, 15) is 9.59 Å². The number of carbonyl (C=O) groups is 2. The van der Waals surface area contributed by atoms with Crippen LogP contribution in [0.2, 0.25) is 0 Å². The van der Waals surface area contributed by atoms with Gasteiger partial charge in [-0.25, -0.2) is 0 Å². The Labute approximate surface area is 147 Å². The van der Waals surface area contributed by atoms with Gasteiger partial charge in [-0.05, 0) is 24.6 Å². The van der Waals surface area contributed by atoms with Crippen molar-refractivity contribution in [1.82, 2.24) is 10.6 Å². The summed E-state index contributed by atoms with van der Waals surface area (Å²) in [7, 11) is 1.53. The molecule has 0 aliphatic carbocycles. The van der Waals surface area contributed by atoms with Crippen LogP contribution < -0.4 is 21.1 Å². The minimum Gasteiger partial charge on any atom is -0.491 e. The zero-order chi connectivity index (χ0) is 18.2. The third-order valence-corrected chi connectivity index (χ3v) is 3.67. The second-order valence-electron chi connectivity index (χ2n) is 5.57. The summed E-state index contributed by atoms with van der Waals surface area (Å²) in [5.41, 5.74) is 7.46. The van der Waals surface area contributed by atoms with Crippen molar-refractivity contribution in [2.75, 3.05) is 20.2 Å². The highest BCUT2D eigenvalue weighted by Gasteiger charge is 2.23. The Hall–Kier alpha value is -2.86. The van der Waals surface area contributed by atoms with E-state index < -0.39 is 6.04 Å². The van der Waals surface area contributed by atoms with E-state index in [0.717, 1.165) is 5.56 Å². The maximum Gasteiger partial charge on any atom is 0.255 e. The molecule has 2 rings (SSSR count). The summed E-state index contributed by atoms with van der Waals surface area (Å²) < 4.78 is 5.55. The lowest BCUT2D eigenvalue weighted by Crippen LogP contribution is -2.39. The molecule has 132 valence electrons. The Morgan fingerprint density at radius 2 is 1.88 bits per heavy atom. The van der Waals surface area contributed by atoms with Gasteiger partial charge in [-0.2, -0.15) is 0 Å². The summed E-state index contributed by atoms with van der Waals surface area (Å²) in [6.45, 7) is 2.54. The molecule has 6 heteroatoms. The first-order valence-electron chi connectivity index (χ1n) is 8.07. The lowest BCUT2D eigenvalue weighted by molar-refractivity contribution is -0.122. The van der Waals surface area contributed by atoms with Crippen molar-refractivity contribution in [3.05, 3.63) is 65.2 Å².